The third-order valence-corrected chi connectivity index (χ3v) is 0.666. The fourth-order valence-corrected chi connectivity index (χ4v) is 0.281. The summed E-state index contributed by atoms with van der Waals surface area (Å²) in [6.45, 7) is 0.387. The second-order valence-electron chi connectivity index (χ2n) is 1.36. The van der Waals surface area contributed by atoms with Crippen molar-refractivity contribution in [2.24, 2.45) is 10.7 Å². The highest BCUT2D eigenvalue weighted by molar-refractivity contribution is 6.27. The summed E-state index contributed by atoms with van der Waals surface area (Å²) in [6.07, 6.45) is 1.31. The van der Waals surface area contributed by atoms with Crippen molar-refractivity contribution >= 4 is 12.1 Å². The molecule has 9 heavy (non-hydrogen) atoms. The lowest BCUT2D eigenvalue weighted by molar-refractivity contribution is 1.02. The molecule has 0 atom stereocenters. The molecule has 48 valence electrons. The predicted octanol–water partition coefficient (Wildman–Crippen LogP) is -0.0931. The fourth-order valence-electron chi connectivity index (χ4n) is 0.281. The molecule has 0 aromatic heterocycles. The molecule has 0 unspecified atom stereocenters. The Bertz CT molecular complexity index is 153. The Hall–Kier alpha value is -1.37. The first-order chi connectivity index (χ1) is 4.31. The zero-order valence-electron chi connectivity index (χ0n) is 4.96. The molecular weight excluding hydrogens is 116 g/mol. The molecule has 0 aliphatic rings. The Balaban J connectivity index is 3.46. The normalized spacial score (nSPS) is 10.3. The van der Waals surface area contributed by atoms with Crippen molar-refractivity contribution in [3.63, 3.8) is 0 Å². The quantitative estimate of drug-likeness (QED) is 0.313. The van der Waals surface area contributed by atoms with Crippen LogP contribution in [0.2, 0.25) is 0 Å². The van der Waals surface area contributed by atoms with Crippen LogP contribution in [0, 0.1) is 16.7 Å². The average molecular weight is 124 g/mol. The number of aliphatic imine (C=N–C) groups is 1. The highest BCUT2D eigenvalue weighted by Crippen LogP contribution is 1.75. The van der Waals surface area contributed by atoms with E-state index in [9.17, 15) is 0 Å². The molecule has 0 amide bonds. The summed E-state index contributed by atoms with van der Waals surface area (Å²) in [7, 11) is 0. The topological polar surface area (TPSA) is 86.0 Å². The molecule has 0 spiro atoms. The second-order valence-corrected chi connectivity index (χ2v) is 1.36. The van der Waals surface area contributed by atoms with E-state index >= 15 is 0 Å². The summed E-state index contributed by atoms with van der Waals surface area (Å²) in [5.74, 6) is 0.172. The third-order valence-electron chi connectivity index (χ3n) is 0.666. The van der Waals surface area contributed by atoms with Crippen molar-refractivity contribution in [2.45, 2.75) is 6.42 Å². The van der Waals surface area contributed by atoms with Gasteiger partial charge in [-0.25, -0.2) is 0 Å². The van der Waals surface area contributed by atoms with Gasteiger partial charge in [0.1, 0.15) is 5.84 Å². The maximum absolute atomic E-state index is 8.03. The molecular formula is C5H8N4. The lowest BCUT2D eigenvalue weighted by atomic mass is 10.5. The number of nitrogens with one attached hydrogen (secondary N) is 1. The average Bonchev–Trinajstić information content (AvgIpc) is 1.89. The van der Waals surface area contributed by atoms with Gasteiger partial charge in [0.2, 0.25) is 0 Å². The van der Waals surface area contributed by atoms with Crippen molar-refractivity contribution in [2.75, 3.05) is 6.54 Å². The van der Waals surface area contributed by atoms with E-state index in [2.05, 4.69) is 4.99 Å². The van der Waals surface area contributed by atoms with E-state index in [4.69, 9.17) is 16.4 Å². The molecule has 0 aliphatic carbocycles. The Morgan fingerprint density at radius 3 is 3.00 bits per heavy atom. The summed E-state index contributed by atoms with van der Waals surface area (Å²) < 4.78 is 0. The van der Waals surface area contributed by atoms with Crippen LogP contribution in [0.15, 0.2) is 4.99 Å². The molecule has 0 radical (unpaired) electrons. The first-order valence-corrected chi connectivity index (χ1v) is 2.48. The van der Waals surface area contributed by atoms with E-state index in [0.29, 0.717) is 13.0 Å². The lowest BCUT2D eigenvalue weighted by Gasteiger charge is -1.86. The van der Waals surface area contributed by atoms with Crippen LogP contribution in [0.4, 0.5) is 0 Å². The molecule has 0 rings (SSSR count). The number of amidine groups is 1. The van der Waals surface area contributed by atoms with E-state index in [1.165, 1.54) is 0 Å². The van der Waals surface area contributed by atoms with Gasteiger partial charge in [-0.05, 0) is 0 Å². The molecule has 3 N–H and O–H groups in total. The smallest absolute Gasteiger partial charge is 0.136 e. The van der Waals surface area contributed by atoms with E-state index in [1.54, 1.807) is 0 Å². The summed E-state index contributed by atoms with van der Waals surface area (Å²) in [4.78, 5) is 3.66. The van der Waals surface area contributed by atoms with Crippen molar-refractivity contribution in [1.29, 1.82) is 10.7 Å². The zero-order valence-corrected chi connectivity index (χ0v) is 4.96. The minimum atomic E-state index is 0.172. The Morgan fingerprint density at radius 1 is 1.89 bits per heavy atom. The van der Waals surface area contributed by atoms with Crippen LogP contribution in [0.5, 0.6) is 0 Å². The van der Waals surface area contributed by atoms with Crippen molar-refractivity contribution in [3.05, 3.63) is 0 Å². The minimum Gasteiger partial charge on any atom is -0.383 e. The monoisotopic (exact) mass is 124 g/mol. The van der Waals surface area contributed by atoms with E-state index < -0.39 is 0 Å². The maximum atomic E-state index is 8.03. The van der Waals surface area contributed by atoms with Gasteiger partial charge in [0.25, 0.3) is 0 Å². The van der Waals surface area contributed by atoms with Crippen LogP contribution < -0.4 is 5.73 Å². The van der Waals surface area contributed by atoms with E-state index in [-0.39, 0.29) is 5.84 Å². The number of hydrogen-bond donors (Lipinski definition) is 2. The van der Waals surface area contributed by atoms with Crippen LogP contribution in [-0.2, 0) is 0 Å². The zero-order chi connectivity index (χ0) is 7.11. The van der Waals surface area contributed by atoms with Gasteiger partial charge in [-0.2, -0.15) is 5.26 Å². The number of nitriles is 1. The number of nitrogens with two attached hydrogens (primary N) is 1. The Morgan fingerprint density at radius 2 is 2.56 bits per heavy atom. The van der Waals surface area contributed by atoms with Crippen LogP contribution in [-0.4, -0.2) is 18.6 Å². The minimum absolute atomic E-state index is 0.172. The standard InChI is InChI=1S/C5H8N4/c6-2-1-3-9-5(8)4-7/h4,7H,1,3H2,(H2,8,9). The van der Waals surface area contributed by atoms with Crippen molar-refractivity contribution in [3.8, 4) is 6.07 Å². The number of rotatable bonds is 3. The van der Waals surface area contributed by atoms with Gasteiger partial charge < -0.3 is 11.1 Å². The summed E-state index contributed by atoms with van der Waals surface area (Å²) in [5, 5.41) is 14.6. The van der Waals surface area contributed by atoms with Gasteiger partial charge in [0, 0.05) is 0 Å². The first kappa shape index (κ1) is 7.63. The van der Waals surface area contributed by atoms with Gasteiger partial charge in [-0.15, -0.1) is 0 Å². The van der Waals surface area contributed by atoms with Crippen LogP contribution in [0.1, 0.15) is 6.42 Å². The fraction of sp³-hybridized carbons (Fsp3) is 0.400. The van der Waals surface area contributed by atoms with E-state index in [1.807, 2.05) is 6.07 Å². The lowest BCUT2D eigenvalue weighted by Crippen LogP contribution is -2.12. The second kappa shape index (κ2) is 4.78. The third kappa shape index (κ3) is 4.48. The van der Waals surface area contributed by atoms with Crippen LogP contribution in [0.25, 0.3) is 0 Å². The number of hydrogen-bond acceptors (Lipinski definition) is 3. The van der Waals surface area contributed by atoms with Gasteiger partial charge in [0.05, 0.1) is 25.2 Å². The predicted molar refractivity (Wildman–Crippen MR) is 35.5 cm³/mol. The van der Waals surface area contributed by atoms with Crippen molar-refractivity contribution < 1.29 is 0 Å². The molecule has 0 aromatic carbocycles. The maximum Gasteiger partial charge on any atom is 0.136 e. The molecule has 4 nitrogen and oxygen atoms in total. The van der Waals surface area contributed by atoms with Crippen molar-refractivity contribution in [1.82, 2.24) is 0 Å². The van der Waals surface area contributed by atoms with Gasteiger partial charge in [-0.1, -0.05) is 0 Å². The summed E-state index contributed by atoms with van der Waals surface area (Å²) in [6, 6.07) is 1.91. The van der Waals surface area contributed by atoms with Gasteiger partial charge >= 0.3 is 0 Å². The highest BCUT2D eigenvalue weighted by atomic mass is 14.8. The Labute approximate surface area is 53.5 Å². The molecule has 0 fully saturated rings. The molecule has 0 saturated carbocycles. The van der Waals surface area contributed by atoms with Crippen LogP contribution >= 0.6 is 0 Å². The molecule has 0 aromatic rings. The summed E-state index contributed by atoms with van der Waals surface area (Å²) >= 11 is 0. The Kier molecular flexibility index (Phi) is 4.05. The molecule has 0 bridgehead atoms. The number of nitrogens with zero attached hydrogens (tertiary/aromatic N) is 2. The first-order valence-electron chi connectivity index (χ1n) is 2.48. The largest absolute Gasteiger partial charge is 0.383 e. The molecule has 0 saturated heterocycles. The highest BCUT2D eigenvalue weighted by Gasteiger charge is 1.81. The SMILES string of the molecule is N#CCCN=C(N)C=N. The van der Waals surface area contributed by atoms with Gasteiger partial charge in [0.15, 0.2) is 0 Å². The van der Waals surface area contributed by atoms with Crippen LogP contribution in [0.3, 0.4) is 0 Å². The molecule has 4 heteroatoms. The van der Waals surface area contributed by atoms with E-state index in [0.717, 1.165) is 6.21 Å². The molecule has 0 aliphatic heterocycles. The molecule has 0 heterocycles. The van der Waals surface area contributed by atoms with Gasteiger partial charge in [-0.3, -0.25) is 4.99 Å². The summed E-state index contributed by atoms with van der Waals surface area (Å²) in [5.41, 5.74) is 5.11.